The van der Waals surface area contributed by atoms with Gasteiger partial charge in [0.2, 0.25) is 0 Å². The summed E-state index contributed by atoms with van der Waals surface area (Å²) in [6.07, 6.45) is 2.79. The van der Waals surface area contributed by atoms with Crippen molar-refractivity contribution in [2.75, 3.05) is 32.8 Å². The molecule has 0 unspecified atom stereocenters. The van der Waals surface area contributed by atoms with E-state index in [0.29, 0.717) is 6.54 Å². The summed E-state index contributed by atoms with van der Waals surface area (Å²) in [5.41, 5.74) is 0. The fourth-order valence-corrected chi connectivity index (χ4v) is 0.910. The molecule has 0 aliphatic rings. The highest BCUT2D eigenvalue weighted by atomic mass is 16.6. The monoisotopic (exact) mass is 278 g/mol. The molecule has 3 N–H and O–H groups in total. The van der Waals surface area contributed by atoms with E-state index < -0.39 is 6.09 Å². The number of ether oxygens (including phenoxy) is 1. The van der Waals surface area contributed by atoms with Crippen LogP contribution < -0.4 is 10.6 Å². The van der Waals surface area contributed by atoms with E-state index in [1.807, 2.05) is 20.8 Å². The van der Waals surface area contributed by atoms with Crippen LogP contribution in [0.2, 0.25) is 0 Å². The molecule has 0 aromatic carbocycles. The van der Waals surface area contributed by atoms with E-state index in [9.17, 15) is 4.79 Å². The van der Waals surface area contributed by atoms with Crippen LogP contribution in [0, 0.1) is 0 Å². The van der Waals surface area contributed by atoms with Gasteiger partial charge in [0.15, 0.2) is 0 Å². The van der Waals surface area contributed by atoms with Crippen LogP contribution in [-0.4, -0.2) is 44.0 Å². The van der Waals surface area contributed by atoms with Gasteiger partial charge < -0.3 is 20.5 Å². The lowest BCUT2D eigenvalue weighted by Gasteiger charge is -2.03. The highest BCUT2D eigenvalue weighted by Crippen LogP contribution is 1.83. The molecule has 0 aromatic rings. The summed E-state index contributed by atoms with van der Waals surface area (Å²) in [4.78, 5) is 10.6. The van der Waals surface area contributed by atoms with E-state index in [1.165, 1.54) is 6.42 Å². The van der Waals surface area contributed by atoms with Gasteiger partial charge in [0.1, 0.15) is 6.61 Å². The molecule has 0 rings (SSSR count). The smallest absolute Gasteiger partial charge is 0.407 e. The largest absolute Gasteiger partial charge is 0.447 e. The van der Waals surface area contributed by atoms with E-state index >= 15 is 0 Å². The zero-order valence-electron chi connectivity index (χ0n) is 13.4. The van der Waals surface area contributed by atoms with Gasteiger partial charge in [0, 0.05) is 6.54 Å². The zero-order chi connectivity index (χ0) is 15.4. The molecule has 1 amide bonds. The average Bonchev–Trinajstić information content (AvgIpc) is 2.46. The van der Waals surface area contributed by atoms with Crippen molar-refractivity contribution in [1.29, 1.82) is 0 Å². The first-order valence-corrected chi connectivity index (χ1v) is 7.45. The Labute approximate surface area is 119 Å². The van der Waals surface area contributed by atoms with Gasteiger partial charge in [-0.1, -0.05) is 41.0 Å². The minimum absolute atomic E-state index is 0.0674. The van der Waals surface area contributed by atoms with E-state index in [1.54, 1.807) is 0 Å². The summed E-state index contributed by atoms with van der Waals surface area (Å²) in [6, 6.07) is 0. The van der Waals surface area contributed by atoms with Gasteiger partial charge in [-0.3, -0.25) is 0 Å². The number of unbranched alkanes of at least 4 members (excludes halogenated alkanes) is 1. The minimum Gasteiger partial charge on any atom is -0.447 e. The average molecular weight is 278 g/mol. The number of aliphatic hydroxyl groups is 1. The molecule has 0 fully saturated rings. The summed E-state index contributed by atoms with van der Waals surface area (Å²) in [7, 11) is 0. The van der Waals surface area contributed by atoms with Crippen molar-refractivity contribution in [1.82, 2.24) is 10.6 Å². The maximum Gasteiger partial charge on any atom is 0.407 e. The van der Waals surface area contributed by atoms with Gasteiger partial charge in [0.05, 0.1) is 6.61 Å². The number of alkyl carbamates (subject to hydrolysis) is 1. The third-order valence-electron chi connectivity index (χ3n) is 1.80. The van der Waals surface area contributed by atoms with Crippen molar-refractivity contribution >= 4 is 6.09 Å². The SMILES string of the molecule is CC.CCCCNC(=O)OCCO.CCCNCC. The molecule has 0 radical (unpaired) electrons. The number of aliphatic hydroxyl groups excluding tert-OH is 1. The number of rotatable bonds is 8. The van der Waals surface area contributed by atoms with Crippen LogP contribution >= 0.6 is 0 Å². The highest BCUT2D eigenvalue weighted by molar-refractivity contribution is 5.66. The third kappa shape index (κ3) is 31.7. The van der Waals surface area contributed by atoms with Crippen LogP contribution in [0.4, 0.5) is 4.79 Å². The van der Waals surface area contributed by atoms with Crippen LogP contribution in [0.15, 0.2) is 0 Å². The Kier molecular flexibility index (Phi) is 31.8. The fraction of sp³-hybridized carbons (Fsp3) is 0.929. The van der Waals surface area contributed by atoms with Crippen LogP contribution in [0.1, 0.15) is 53.9 Å². The molecule has 0 bridgehead atoms. The molecule has 0 aliphatic heterocycles. The van der Waals surface area contributed by atoms with Crippen molar-refractivity contribution in [3.8, 4) is 0 Å². The van der Waals surface area contributed by atoms with Gasteiger partial charge in [-0.2, -0.15) is 0 Å². The van der Waals surface area contributed by atoms with E-state index in [0.717, 1.165) is 25.9 Å². The molecule has 118 valence electrons. The molecular weight excluding hydrogens is 244 g/mol. The first kappa shape index (κ1) is 23.3. The summed E-state index contributed by atoms with van der Waals surface area (Å²) in [5, 5.41) is 14.0. The number of carbonyl (C=O) groups excluding carboxylic acids is 1. The second-order valence-electron chi connectivity index (χ2n) is 3.49. The molecule has 5 heteroatoms. The maximum atomic E-state index is 10.6. The summed E-state index contributed by atoms with van der Waals surface area (Å²) in [5.74, 6) is 0. The van der Waals surface area contributed by atoms with Gasteiger partial charge in [0.25, 0.3) is 0 Å². The molecular formula is C14H34N2O3. The Morgan fingerprint density at radius 3 is 2.11 bits per heavy atom. The Balaban J connectivity index is -0.000000271. The molecule has 0 spiro atoms. The van der Waals surface area contributed by atoms with Crippen molar-refractivity contribution in [2.24, 2.45) is 0 Å². The molecule has 0 saturated heterocycles. The first-order chi connectivity index (χ1) is 9.22. The first-order valence-electron chi connectivity index (χ1n) is 7.45. The Morgan fingerprint density at radius 1 is 1.11 bits per heavy atom. The van der Waals surface area contributed by atoms with Crippen molar-refractivity contribution in [2.45, 2.75) is 53.9 Å². The van der Waals surface area contributed by atoms with Gasteiger partial charge >= 0.3 is 6.09 Å². The van der Waals surface area contributed by atoms with E-state index in [-0.39, 0.29) is 13.2 Å². The molecule has 5 nitrogen and oxygen atoms in total. The predicted octanol–water partition coefficient (Wildman–Crippen LogP) is 2.54. The Morgan fingerprint density at radius 2 is 1.74 bits per heavy atom. The van der Waals surface area contributed by atoms with Crippen LogP contribution in [0.25, 0.3) is 0 Å². The lowest BCUT2D eigenvalue weighted by atomic mass is 10.3. The van der Waals surface area contributed by atoms with Crippen molar-refractivity contribution in [3.05, 3.63) is 0 Å². The summed E-state index contributed by atoms with van der Waals surface area (Å²) < 4.78 is 4.54. The lowest BCUT2D eigenvalue weighted by Crippen LogP contribution is -2.26. The van der Waals surface area contributed by atoms with Crippen molar-refractivity contribution in [3.63, 3.8) is 0 Å². The molecule has 19 heavy (non-hydrogen) atoms. The number of amides is 1. The Bertz CT molecular complexity index is 152. The lowest BCUT2D eigenvalue weighted by molar-refractivity contribution is 0.119. The van der Waals surface area contributed by atoms with Crippen LogP contribution in [0.3, 0.4) is 0 Å². The molecule has 0 atom stereocenters. The standard InChI is InChI=1S/C7H15NO3.C5H13N.C2H6/c1-2-3-4-8-7(10)11-6-5-9;1-3-5-6-4-2;1-2/h9H,2-6H2,1H3,(H,8,10);6H,3-5H2,1-2H3;1-2H3. The fourth-order valence-electron chi connectivity index (χ4n) is 0.910. The topological polar surface area (TPSA) is 70.6 Å². The highest BCUT2D eigenvalue weighted by Gasteiger charge is 1.97. The van der Waals surface area contributed by atoms with Gasteiger partial charge in [-0.15, -0.1) is 0 Å². The molecule has 0 aliphatic carbocycles. The van der Waals surface area contributed by atoms with E-state index in [2.05, 4.69) is 29.2 Å². The predicted molar refractivity (Wildman–Crippen MR) is 81.5 cm³/mol. The van der Waals surface area contributed by atoms with Crippen molar-refractivity contribution < 1.29 is 14.6 Å². The maximum absolute atomic E-state index is 10.6. The number of nitrogens with one attached hydrogen (secondary N) is 2. The van der Waals surface area contributed by atoms with Crippen LogP contribution in [-0.2, 0) is 4.74 Å². The second kappa shape index (κ2) is 25.9. The number of hydrogen-bond acceptors (Lipinski definition) is 4. The summed E-state index contributed by atoms with van der Waals surface area (Å²) >= 11 is 0. The van der Waals surface area contributed by atoms with Gasteiger partial charge in [-0.25, -0.2) is 4.79 Å². The molecule has 0 saturated carbocycles. The molecule has 0 heterocycles. The normalized spacial score (nSPS) is 8.53. The minimum atomic E-state index is -0.451. The third-order valence-corrected chi connectivity index (χ3v) is 1.80. The Hall–Kier alpha value is -0.810. The second-order valence-corrected chi connectivity index (χ2v) is 3.49. The zero-order valence-corrected chi connectivity index (χ0v) is 13.4. The van der Waals surface area contributed by atoms with Crippen LogP contribution in [0.5, 0.6) is 0 Å². The molecule has 0 aromatic heterocycles. The van der Waals surface area contributed by atoms with E-state index in [4.69, 9.17) is 5.11 Å². The van der Waals surface area contributed by atoms with Gasteiger partial charge in [-0.05, 0) is 25.9 Å². The summed E-state index contributed by atoms with van der Waals surface area (Å²) in [6.45, 7) is 13.2. The quantitative estimate of drug-likeness (QED) is 0.597. The number of carbonyl (C=O) groups is 1. The number of hydrogen-bond donors (Lipinski definition) is 3.